The molecule has 1 radical (unpaired) electrons. The van der Waals surface area contributed by atoms with Gasteiger partial charge in [-0.1, -0.05) is 55.5 Å². The Morgan fingerprint density at radius 2 is 1.71 bits per heavy atom. The van der Waals surface area contributed by atoms with E-state index in [0.29, 0.717) is 5.92 Å². The van der Waals surface area contributed by atoms with Crippen LogP contribution in [-0.2, 0) is 32.6 Å². The standard InChI is InChI=1S/C16H15.Zr/c1-12-10-14-8-5-9-15(16(14)11-12)13-6-3-2-4-7-13;/h2-10,12H,11H2,1H3;. The summed E-state index contributed by atoms with van der Waals surface area (Å²) in [7, 11) is 0. The first-order chi connectivity index (χ1) is 7.84. The van der Waals surface area contributed by atoms with E-state index in [9.17, 15) is 0 Å². The van der Waals surface area contributed by atoms with Crippen molar-refractivity contribution in [3.8, 4) is 11.1 Å². The second-order valence-corrected chi connectivity index (χ2v) is 4.59. The number of hydrogen-bond acceptors (Lipinski definition) is 0. The van der Waals surface area contributed by atoms with Crippen molar-refractivity contribution in [2.45, 2.75) is 13.3 Å². The molecule has 83 valence electrons. The SMILES string of the molecule is CC1[CH]c2cccc(-c3ccccc3)c2C1.[Zr]. The molecule has 2 aromatic carbocycles. The van der Waals surface area contributed by atoms with Crippen LogP contribution in [0.25, 0.3) is 11.1 Å². The van der Waals surface area contributed by atoms with Crippen LogP contribution in [0.5, 0.6) is 0 Å². The average Bonchev–Trinajstić information content (AvgIpc) is 2.70. The van der Waals surface area contributed by atoms with Crippen molar-refractivity contribution in [2.24, 2.45) is 5.92 Å². The van der Waals surface area contributed by atoms with Gasteiger partial charge in [0.05, 0.1) is 0 Å². The summed E-state index contributed by atoms with van der Waals surface area (Å²) in [6.45, 7) is 2.29. The molecule has 2 aromatic rings. The maximum Gasteiger partial charge on any atom is 0 e. The van der Waals surface area contributed by atoms with Crippen molar-refractivity contribution in [3.05, 3.63) is 66.1 Å². The Bertz CT molecular complexity index is 502. The molecule has 0 fully saturated rings. The monoisotopic (exact) mass is 297 g/mol. The van der Waals surface area contributed by atoms with Crippen LogP contribution in [0.4, 0.5) is 0 Å². The van der Waals surface area contributed by atoms with E-state index in [1.807, 2.05) is 0 Å². The second-order valence-electron chi connectivity index (χ2n) is 4.59. The summed E-state index contributed by atoms with van der Waals surface area (Å²) in [4.78, 5) is 0. The van der Waals surface area contributed by atoms with Gasteiger partial charge in [0.15, 0.2) is 0 Å². The van der Waals surface area contributed by atoms with Gasteiger partial charge in [0, 0.05) is 26.2 Å². The van der Waals surface area contributed by atoms with E-state index >= 15 is 0 Å². The Morgan fingerprint density at radius 3 is 2.47 bits per heavy atom. The Morgan fingerprint density at radius 1 is 0.941 bits per heavy atom. The summed E-state index contributed by atoms with van der Waals surface area (Å²) in [6, 6.07) is 17.3. The van der Waals surface area contributed by atoms with Gasteiger partial charge in [-0.2, -0.15) is 0 Å². The molecule has 1 aliphatic rings. The van der Waals surface area contributed by atoms with E-state index < -0.39 is 0 Å². The third-order valence-electron chi connectivity index (χ3n) is 3.29. The molecule has 17 heavy (non-hydrogen) atoms. The second kappa shape index (κ2) is 5.31. The molecular weight excluding hydrogens is 283 g/mol. The molecule has 0 saturated heterocycles. The van der Waals surface area contributed by atoms with Gasteiger partial charge in [-0.25, -0.2) is 0 Å². The molecule has 0 N–H and O–H groups in total. The topological polar surface area (TPSA) is 0 Å². The van der Waals surface area contributed by atoms with E-state index in [1.54, 1.807) is 0 Å². The largest absolute Gasteiger partial charge is 0.0622 e. The Balaban J connectivity index is 0.00000108. The fourth-order valence-electron chi connectivity index (χ4n) is 2.56. The van der Waals surface area contributed by atoms with Gasteiger partial charge >= 0.3 is 0 Å². The van der Waals surface area contributed by atoms with Gasteiger partial charge in [0.1, 0.15) is 0 Å². The van der Waals surface area contributed by atoms with E-state index in [0.717, 1.165) is 0 Å². The normalized spacial score (nSPS) is 17.4. The van der Waals surface area contributed by atoms with Gasteiger partial charge < -0.3 is 0 Å². The van der Waals surface area contributed by atoms with Crippen LogP contribution >= 0.6 is 0 Å². The molecule has 0 amide bonds. The molecule has 0 heterocycles. The molecular formula is C16H15Zr. The van der Waals surface area contributed by atoms with Crippen molar-refractivity contribution in [1.82, 2.24) is 0 Å². The first-order valence-corrected chi connectivity index (χ1v) is 5.87. The van der Waals surface area contributed by atoms with E-state index in [4.69, 9.17) is 0 Å². The fraction of sp³-hybridized carbons (Fsp3) is 0.188. The molecule has 0 bridgehead atoms. The molecule has 0 aromatic heterocycles. The molecule has 1 aliphatic carbocycles. The van der Waals surface area contributed by atoms with Crippen molar-refractivity contribution in [1.29, 1.82) is 0 Å². The van der Waals surface area contributed by atoms with Crippen LogP contribution in [0.1, 0.15) is 18.1 Å². The van der Waals surface area contributed by atoms with Crippen molar-refractivity contribution < 1.29 is 26.2 Å². The summed E-state index contributed by atoms with van der Waals surface area (Å²) in [6.07, 6.45) is 3.56. The Kier molecular flexibility index (Phi) is 3.99. The van der Waals surface area contributed by atoms with E-state index in [1.165, 1.54) is 28.7 Å². The molecule has 1 unspecified atom stereocenters. The number of hydrogen-bond donors (Lipinski definition) is 0. The van der Waals surface area contributed by atoms with Gasteiger partial charge in [-0.3, -0.25) is 0 Å². The maximum absolute atomic E-state index is 2.38. The zero-order chi connectivity index (χ0) is 11.0. The van der Waals surface area contributed by atoms with Crippen molar-refractivity contribution in [2.75, 3.05) is 0 Å². The molecule has 0 spiro atoms. The van der Waals surface area contributed by atoms with Crippen LogP contribution in [0, 0.1) is 12.3 Å². The number of rotatable bonds is 1. The Hall–Kier alpha value is -0.677. The van der Waals surface area contributed by atoms with Crippen LogP contribution in [0.3, 0.4) is 0 Å². The summed E-state index contributed by atoms with van der Waals surface area (Å²) >= 11 is 0. The summed E-state index contributed by atoms with van der Waals surface area (Å²) < 4.78 is 0. The zero-order valence-corrected chi connectivity index (χ0v) is 12.4. The third kappa shape index (κ3) is 2.45. The van der Waals surface area contributed by atoms with Crippen molar-refractivity contribution >= 4 is 0 Å². The van der Waals surface area contributed by atoms with Gasteiger partial charge in [-0.05, 0) is 41.0 Å². The molecule has 0 aliphatic heterocycles. The van der Waals surface area contributed by atoms with E-state index in [-0.39, 0.29) is 26.2 Å². The molecule has 0 nitrogen and oxygen atoms in total. The first kappa shape index (κ1) is 12.8. The predicted octanol–water partition coefficient (Wildman–Crippen LogP) is 4.10. The zero-order valence-electron chi connectivity index (χ0n) is 9.98. The maximum atomic E-state index is 2.38. The van der Waals surface area contributed by atoms with Crippen LogP contribution < -0.4 is 0 Å². The van der Waals surface area contributed by atoms with Crippen LogP contribution in [0.2, 0.25) is 0 Å². The molecule has 1 heteroatoms. The van der Waals surface area contributed by atoms with Crippen LogP contribution in [-0.4, -0.2) is 0 Å². The Labute approximate surface area is 122 Å². The number of benzene rings is 2. The summed E-state index contributed by atoms with van der Waals surface area (Å²) in [5.74, 6) is 0.680. The number of fused-ring (bicyclic) bond motifs is 1. The fourth-order valence-corrected chi connectivity index (χ4v) is 2.56. The van der Waals surface area contributed by atoms with Gasteiger partial charge in [0.2, 0.25) is 0 Å². The van der Waals surface area contributed by atoms with Crippen LogP contribution in [0.15, 0.2) is 48.5 Å². The molecule has 1 atom stereocenters. The van der Waals surface area contributed by atoms with Gasteiger partial charge in [0.25, 0.3) is 0 Å². The summed E-state index contributed by atoms with van der Waals surface area (Å²) in [5, 5.41) is 0. The molecule has 0 saturated carbocycles. The third-order valence-corrected chi connectivity index (χ3v) is 3.29. The van der Waals surface area contributed by atoms with E-state index in [2.05, 4.69) is 61.9 Å². The van der Waals surface area contributed by atoms with Gasteiger partial charge in [-0.15, -0.1) is 0 Å². The quantitative estimate of drug-likeness (QED) is 0.744. The minimum absolute atomic E-state index is 0. The first-order valence-electron chi connectivity index (χ1n) is 5.87. The average molecular weight is 299 g/mol. The smallest absolute Gasteiger partial charge is 0 e. The minimum atomic E-state index is 0. The predicted molar refractivity (Wildman–Crippen MR) is 68.1 cm³/mol. The minimum Gasteiger partial charge on any atom is -0.0622 e. The summed E-state index contributed by atoms with van der Waals surface area (Å²) in [5.41, 5.74) is 5.68. The molecule has 3 rings (SSSR count). The van der Waals surface area contributed by atoms with Crippen molar-refractivity contribution in [3.63, 3.8) is 0 Å².